The van der Waals surface area contributed by atoms with Crippen LogP contribution in [0.25, 0.3) is 0 Å². The molecule has 5 nitrogen and oxygen atoms in total. The molecule has 0 spiro atoms. The van der Waals surface area contributed by atoms with Gasteiger partial charge in [0.05, 0.1) is 11.3 Å². The smallest absolute Gasteiger partial charge is 0.223 e. The number of halogens is 1. The zero-order valence-corrected chi connectivity index (χ0v) is 11.7. The fourth-order valence-corrected chi connectivity index (χ4v) is 2.73. The van der Waals surface area contributed by atoms with Crippen LogP contribution in [0, 0.1) is 24.1 Å². The van der Waals surface area contributed by atoms with E-state index in [1.165, 1.54) is 12.1 Å². The quantitative estimate of drug-likeness (QED) is 0.849. The van der Waals surface area contributed by atoms with E-state index in [1.807, 2.05) is 0 Å². The van der Waals surface area contributed by atoms with Gasteiger partial charge >= 0.3 is 0 Å². The maximum Gasteiger partial charge on any atom is 0.223 e. The number of hydrogen-bond donors (Lipinski definition) is 0. The van der Waals surface area contributed by atoms with Gasteiger partial charge in [0, 0.05) is 25.9 Å². The van der Waals surface area contributed by atoms with Gasteiger partial charge < -0.3 is 9.42 Å². The third kappa shape index (κ3) is 2.72. The fourth-order valence-electron chi connectivity index (χ4n) is 2.73. The van der Waals surface area contributed by atoms with E-state index in [1.54, 1.807) is 13.0 Å². The maximum absolute atomic E-state index is 13.2. The highest BCUT2D eigenvalue weighted by Crippen LogP contribution is 2.30. The molecule has 1 aromatic carbocycles. The Bertz CT molecular complexity index is 683. The number of piperidine rings is 1. The lowest BCUT2D eigenvalue weighted by Gasteiger charge is -2.32. The van der Waals surface area contributed by atoms with E-state index in [-0.39, 0.29) is 11.7 Å². The Labute approximate surface area is 122 Å². The first-order valence-electron chi connectivity index (χ1n) is 6.92. The Balaban J connectivity index is 1.73. The summed E-state index contributed by atoms with van der Waals surface area (Å²) in [6.45, 7) is 3.36. The van der Waals surface area contributed by atoms with Crippen LogP contribution in [-0.4, -0.2) is 23.2 Å². The van der Waals surface area contributed by atoms with Gasteiger partial charge in [-0.05, 0) is 31.0 Å². The fraction of sp³-hybridized carbons (Fsp3) is 0.400. The number of anilines is 1. The summed E-state index contributed by atoms with van der Waals surface area (Å²) in [6, 6.07) is 6.41. The average Bonchev–Trinajstić information content (AvgIpc) is 2.94. The average molecular weight is 286 g/mol. The van der Waals surface area contributed by atoms with Crippen molar-refractivity contribution in [3.8, 4) is 6.07 Å². The highest BCUT2D eigenvalue weighted by Gasteiger charge is 2.25. The summed E-state index contributed by atoms with van der Waals surface area (Å²) in [5.41, 5.74) is 1.17. The number of rotatable bonds is 2. The van der Waals surface area contributed by atoms with Gasteiger partial charge in [-0.15, -0.1) is 0 Å². The molecule has 0 radical (unpaired) electrons. The highest BCUT2D eigenvalue weighted by atomic mass is 19.1. The Morgan fingerprint density at radius 2 is 2.14 bits per heavy atom. The summed E-state index contributed by atoms with van der Waals surface area (Å²) < 4.78 is 18.2. The molecule has 0 bridgehead atoms. The zero-order valence-electron chi connectivity index (χ0n) is 11.7. The Kier molecular flexibility index (Phi) is 3.57. The van der Waals surface area contributed by atoms with E-state index in [4.69, 9.17) is 9.78 Å². The summed E-state index contributed by atoms with van der Waals surface area (Å²) in [6.07, 6.45) is 1.78. The molecule has 0 amide bonds. The van der Waals surface area contributed by atoms with Crippen molar-refractivity contribution in [3.05, 3.63) is 41.3 Å². The molecule has 1 saturated heterocycles. The Morgan fingerprint density at radius 3 is 2.76 bits per heavy atom. The summed E-state index contributed by atoms with van der Waals surface area (Å²) in [5, 5.41) is 13.1. The first-order valence-corrected chi connectivity index (χ1v) is 6.92. The number of aromatic nitrogens is 2. The van der Waals surface area contributed by atoms with Crippen molar-refractivity contribution >= 4 is 5.69 Å². The molecule has 1 aliphatic heterocycles. The highest BCUT2D eigenvalue weighted by molar-refractivity contribution is 5.59. The summed E-state index contributed by atoms with van der Waals surface area (Å²) in [4.78, 5) is 6.39. The lowest BCUT2D eigenvalue weighted by molar-refractivity contribution is 0.375. The molecular formula is C15H15FN4O. The zero-order chi connectivity index (χ0) is 14.8. The SMILES string of the molecule is Cc1nc(C2CCN(c3ccc(F)cc3C#N)CC2)no1. The minimum absolute atomic E-state index is 0.282. The molecule has 1 aliphatic rings. The van der Waals surface area contributed by atoms with E-state index < -0.39 is 0 Å². The predicted molar refractivity (Wildman–Crippen MR) is 74.3 cm³/mol. The second-order valence-corrected chi connectivity index (χ2v) is 5.21. The van der Waals surface area contributed by atoms with Crippen molar-refractivity contribution in [2.75, 3.05) is 18.0 Å². The normalized spacial score (nSPS) is 16.0. The van der Waals surface area contributed by atoms with Crippen LogP contribution in [0.1, 0.15) is 36.0 Å². The molecule has 2 heterocycles. The van der Waals surface area contributed by atoms with Crippen LogP contribution < -0.4 is 4.90 Å². The van der Waals surface area contributed by atoms with Crippen molar-refractivity contribution in [2.24, 2.45) is 0 Å². The van der Waals surface area contributed by atoms with Crippen LogP contribution in [-0.2, 0) is 0 Å². The molecule has 21 heavy (non-hydrogen) atoms. The van der Waals surface area contributed by atoms with Crippen LogP contribution >= 0.6 is 0 Å². The second-order valence-electron chi connectivity index (χ2n) is 5.21. The molecule has 0 aliphatic carbocycles. The van der Waals surface area contributed by atoms with Crippen molar-refractivity contribution in [3.63, 3.8) is 0 Å². The Hall–Kier alpha value is -2.42. The molecule has 6 heteroatoms. The van der Waals surface area contributed by atoms with E-state index in [0.717, 1.165) is 37.4 Å². The molecular weight excluding hydrogens is 271 g/mol. The third-order valence-electron chi connectivity index (χ3n) is 3.82. The lowest BCUT2D eigenvalue weighted by Crippen LogP contribution is -2.33. The van der Waals surface area contributed by atoms with E-state index in [2.05, 4.69) is 21.1 Å². The molecule has 1 aromatic heterocycles. The van der Waals surface area contributed by atoms with Crippen molar-refractivity contribution < 1.29 is 8.91 Å². The molecule has 2 aromatic rings. The molecule has 1 fully saturated rings. The van der Waals surface area contributed by atoms with Crippen LogP contribution in [0.3, 0.4) is 0 Å². The molecule has 0 unspecified atom stereocenters. The number of nitrogens with zero attached hydrogens (tertiary/aromatic N) is 4. The second kappa shape index (κ2) is 5.52. The molecule has 0 saturated carbocycles. The lowest BCUT2D eigenvalue weighted by atomic mass is 9.95. The monoisotopic (exact) mass is 286 g/mol. The van der Waals surface area contributed by atoms with Gasteiger partial charge in [-0.1, -0.05) is 5.16 Å². The van der Waals surface area contributed by atoms with Gasteiger partial charge in [0.15, 0.2) is 5.82 Å². The van der Waals surface area contributed by atoms with Crippen LogP contribution in [0.2, 0.25) is 0 Å². The largest absolute Gasteiger partial charge is 0.370 e. The van der Waals surface area contributed by atoms with Gasteiger partial charge in [-0.2, -0.15) is 10.2 Å². The molecule has 108 valence electrons. The number of benzene rings is 1. The standard InChI is InChI=1S/C15H15FN4O/c1-10-18-15(19-21-10)11-4-6-20(7-5-11)14-3-2-13(16)8-12(14)9-17/h2-3,8,11H,4-7H2,1H3. The minimum atomic E-state index is -0.382. The van der Waals surface area contributed by atoms with Crippen LogP contribution in [0.15, 0.2) is 22.7 Å². The van der Waals surface area contributed by atoms with Crippen molar-refractivity contribution in [2.45, 2.75) is 25.7 Å². The van der Waals surface area contributed by atoms with Crippen molar-refractivity contribution in [1.82, 2.24) is 10.1 Å². The minimum Gasteiger partial charge on any atom is -0.370 e. The third-order valence-corrected chi connectivity index (χ3v) is 3.82. The summed E-state index contributed by atoms with van der Waals surface area (Å²) in [5.74, 6) is 1.24. The van der Waals surface area contributed by atoms with Gasteiger partial charge in [0.25, 0.3) is 0 Å². The van der Waals surface area contributed by atoms with Gasteiger partial charge in [-0.3, -0.25) is 0 Å². The van der Waals surface area contributed by atoms with E-state index in [0.29, 0.717) is 11.5 Å². The van der Waals surface area contributed by atoms with E-state index >= 15 is 0 Å². The topological polar surface area (TPSA) is 66.0 Å². The predicted octanol–water partition coefficient (Wildman–Crippen LogP) is 2.77. The molecule has 0 N–H and O–H groups in total. The number of hydrogen-bond acceptors (Lipinski definition) is 5. The Morgan fingerprint density at radius 1 is 1.38 bits per heavy atom. The van der Waals surface area contributed by atoms with Crippen LogP contribution in [0.5, 0.6) is 0 Å². The summed E-state index contributed by atoms with van der Waals surface area (Å²) >= 11 is 0. The van der Waals surface area contributed by atoms with Crippen LogP contribution in [0.4, 0.5) is 10.1 Å². The number of aryl methyl sites for hydroxylation is 1. The van der Waals surface area contributed by atoms with Gasteiger partial charge in [0.1, 0.15) is 11.9 Å². The first kappa shape index (κ1) is 13.6. The molecule has 0 atom stereocenters. The maximum atomic E-state index is 13.2. The van der Waals surface area contributed by atoms with Gasteiger partial charge in [0.2, 0.25) is 5.89 Å². The molecule has 3 rings (SSSR count). The number of nitriles is 1. The van der Waals surface area contributed by atoms with Gasteiger partial charge in [-0.25, -0.2) is 4.39 Å². The van der Waals surface area contributed by atoms with E-state index in [9.17, 15) is 4.39 Å². The first-order chi connectivity index (χ1) is 10.2. The van der Waals surface area contributed by atoms with Crippen molar-refractivity contribution in [1.29, 1.82) is 5.26 Å². The summed E-state index contributed by atoms with van der Waals surface area (Å²) in [7, 11) is 0.